The van der Waals surface area contributed by atoms with Gasteiger partial charge in [-0.1, -0.05) is 91.0 Å². The van der Waals surface area contributed by atoms with Crippen LogP contribution in [-0.2, 0) is 0 Å². The summed E-state index contributed by atoms with van der Waals surface area (Å²) in [5, 5.41) is 34.7. The van der Waals surface area contributed by atoms with E-state index in [-0.39, 0.29) is 11.1 Å². The molecule has 8 aromatic carbocycles. The number of hydrogen-bond acceptors (Lipinski definition) is 3. The van der Waals surface area contributed by atoms with Crippen LogP contribution in [0.15, 0.2) is 164 Å². The maximum atomic E-state index is 15.8. The molecule has 0 saturated heterocycles. The Hall–Kier alpha value is -8.31. The van der Waals surface area contributed by atoms with Crippen molar-refractivity contribution in [2.75, 3.05) is 0 Å². The second-order valence-corrected chi connectivity index (χ2v) is 14.1. The SMILES string of the molecule is N#Cc1ccccc1-c1ccc2c(c1)c1ccccc1n2-c1cc(-c2c(F)cccc2F)cc(-n2c3ccccc3c3cc(-c4ccccc4C#N)ccc32)c1C#N. The molecule has 270 valence electrons. The van der Waals surface area contributed by atoms with Gasteiger partial charge >= 0.3 is 0 Å². The van der Waals surface area contributed by atoms with Gasteiger partial charge in [0.05, 0.1) is 62.3 Å². The quantitative estimate of drug-likeness (QED) is 0.176. The maximum Gasteiger partial charge on any atom is 0.133 e. The number of nitriles is 3. The Labute approximate surface area is 331 Å². The molecule has 0 atom stereocenters. The van der Waals surface area contributed by atoms with Crippen LogP contribution in [-0.4, -0.2) is 9.13 Å². The van der Waals surface area contributed by atoms with Crippen molar-refractivity contribution in [3.8, 4) is 63.0 Å². The molecule has 0 saturated carbocycles. The van der Waals surface area contributed by atoms with Gasteiger partial charge in [0.25, 0.3) is 0 Å². The summed E-state index contributed by atoms with van der Waals surface area (Å²) >= 11 is 0. The fourth-order valence-corrected chi connectivity index (χ4v) is 8.46. The number of rotatable bonds is 5. The molecular formula is C51H27F2N5. The van der Waals surface area contributed by atoms with E-state index in [2.05, 4.69) is 18.2 Å². The zero-order valence-electron chi connectivity index (χ0n) is 30.6. The third kappa shape index (κ3) is 5.18. The number of para-hydroxylation sites is 2. The third-order valence-electron chi connectivity index (χ3n) is 11.0. The van der Waals surface area contributed by atoms with E-state index in [9.17, 15) is 15.8 Å². The van der Waals surface area contributed by atoms with E-state index in [1.165, 1.54) is 18.2 Å². The van der Waals surface area contributed by atoms with Crippen molar-refractivity contribution >= 4 is 43.6 Å². The molecular weight excluding hydrogens is 721 g/mol. The standard InChI is InChI=1S/C51H27F2N5/c52-43-16-9-17-44(53)51(43)35-26-49(57-45-18-7-5-14-38(45)40-24-31(20-22-47(40)57)36-12-3-1-10-33(36)28-54)42(30-56)50(27-35)58-46-19-8-6-15-39(46)41-25-32(21-23-48(41)58)37-13-4-2-11-34(37)29-55/h1-27H. The van der Waals surface area contributed by atoms with Gasteiger partial charge in [0.15, 0.2) is 0 Å². The molecule has 10 aromatic rings. The van der Waals surface area contributed by atoms with Crippen LogP contribution in [0.2, 0.25) is 0 Å². The van der Waals surface area contributed by atoms with Crippen molar-refractivity contribution in [2.45, 2.75) is 0 Å². The van der Waals surface area contributed by atoms with E-state index in [1.807, 2.05) is 130 Å². The molecule has 0 bridgehead atoms. The Morgan fingerprint density at radius 3 is 1.28 bits per heavy atom. The maximum absolute atomic E-state index is 15.8. The lowest BCUT2D eigenvalue weighted by Gasteiger charge is -2.19. The lowest BCUT2D eigenvalue weighted by molar-refractivity contribution is 0.589. The van der Waals surface area contributed by atoms with E-state index in [4.69, 9.17) is 0 Å². The van der Waals surface area contributed by atoms with Crippen LogP contribution >= 0.6 is 0 Å². The van der Waals surface area contributed by atoms with Gasteiger partial charge < -0.3 is 9.13 Å². The van der Waals surface area contributed by atoms with Crippen LogP contribution in [0.1, 0.15) is 16.7 Å². The van der Waals surface area contributed by atoms with Crippen LogP contribution in [0.25, 0.3) is 88.4 Å². The number of fused-ring (bicyclic) bond motifs is 6. The molecule has 0 unspecified atom stereocenters. The first kappa shape index (κ1) is 34.2. The van der Waals surface area contributed by atoms with Gasteiger partial charge in [-0.05, 0) is 101 Å². The molecule has 0 aliphatic rings. The second-order valence-electron chi connectivity index (χ2n) is 14.1. The second kappa shape index (κ2) is 13.5. The minimum absolute atomic E-state index is 0.207. The highest BCUT2D eigenvalue weighted by Crippen LogP contribution is 2.42. The Balaban J connectivity index is 1.31. The van der Waals surface area contributed by atoms with Crippen LogP contribution in [0.3, 0.4) is 0 Å². The van der Waals surface area contributed by atoms with Gasteiger partial charge in [0.2, 0.25) is 0 Å². The first-order valence-electron chi connectivity index (χ1n) is 18.6. The van der Waals surface area contributed by atoms with E-state index in [0.717, 1.165) is 65.9 Å². The average molecular weight is 748 g/mol. The summed E-state index contributed by atoms with van der Waals surface area (Å²) in [5.74, 6) is -1.46. The van der Waals surface area contributed by atoms with E-state index in [0.29, 0.717) is 28.1 Å². The topological polar surface area (TPSA) is 81.2 Å². The molecule has 58 heavy (non-hydrogen) atoms. The Morgan fingerprint density at radius 1 is 0.379 bits per heavy atom. The van der Waals surface area contributed by atoms with Gasteiger partial charge in [0, 0.05) is 21.5 Å². The van der Waals surface area contributed by atoms with E-state index < -0.39 is 11.6 Å². The molecule has 0 N–H and O–H groups in total. The fourth-order valence-electron chi connectivity index (χ4n) is 8.46. The highest BCUT2D eigenvalue weighted by molar-refractivity contribution is 6.12. The molecule has 10 rings (SSSR count). The van der Waals surface area contributed by atoms with Crippen molar-refractivity contribution in [2.24, 2.45) is 0 Å². The molecule has 0 amide bonds. The molecule has 0 aliphatic carbocycles. The molecule has 0 aliphatic heterocycles. The minimum Gasteiger partial charge on any atom is -0.308 e. The van der Waals surface area contributed by atoms with E-state index >= 15 is 8.78 Å². The van der Waals surface area contributed by atoms with Crippen molar-refractivity contribution < 1.29 is 8.78 Å². The number of halogens is 2. The zero-order valence-corrected chi connectivity index (χ0v) is 30.6. The first-order valence-corrected chi connectivity index (χ1v) is 18.6. The Bertz CT molecular complexity index is 3260. The lowest BCUT2D eigenvalue weighted by atomic mass is 9.98. The molecule has 7 heteroatoms. The summed E-state index contributed by atoms with van der Waals surface area (Å²) < 4.78 is 35.7. The predicted octanol–water partition coefficient (Wildman–Crippen LogP) is 12.8. The minimum atomic E-state index is -0.729. The van der Waals surface area contributed by atoms with Crippen molar-refractivity contribution in [3.63, 3.8) is 0 Å². The normalized spacial score (nSPS) is 11.2. The summed E-state index contributed by atoms with van der Waals surface area (Å²) in [4.78, 5) is 0. The fraction of sp³-hybridized carbons (Fsp3) is 0. The molecule has 2 aromatic heterocycles. The molecule has 5 nitrogen and oxygen atoms in total. The van der Waals surface area contributed by atoms with E-state index in [1.54, 1.807) is 24.3 Å². The van der Waals surface area contributed by atoms with Gasteiger partial charge in [-0.3, -0.25) is 0 Å². The zero-order chi connectivity index (χ0) is 39.5. The largest absolute Gasteiger partial charge is 0.308 e. The number of benzene rings is 8. The average Bonchev–Trinajstić information content (AvgIpc) is 3.78. The van der Waals surface area contributed by atoms with Crippen molar-refractivity contribution in [3.05, 3.63) is 192 Å². The van der Waals surface area contributed by atoms with Gasteiger partial charge in [-0.2, -0.15) is 15.8 Å². The van der Waals surface area contributed by atoms with Crippen molar-refractivity contribution in [1.82, 2.24) is 9.13 Å². The Kier molecular flexibility index (Phi) is 7.94. The monoisotopic (exact) mass is 747 g/mol. The first-order chi connectivity index (χ1) is 28.5. The number of hydrogen-bond donors (Lipinski definition) is 0. The van der Waals surface area contributed by atoms with Crippen LogP contribution in [0.4, 0.5) is 8.78 Å². The highest BCUT2D eigenvalue weighted by atomic mass is 19.1. The third-order valence-corrected chi connectivity index (χ3v) is 11.0. The summed E-state index contributed by atoms with van der Waals surface area (Å²) in [7, 11) is 0. The highest BCUT2D eigenvalue weighted by Gasteiger charge is 2.25. The predicted molar refractivity (Wildman–Crippen MR) is 225 cm³/mol. The molecule has 2 heterocycles. The van der Waals surface area contributed by atoms with Crippen LogP contribution < -0.4 is 0 Å². The summed E-state index contributed by atoms with van der Waals surface area (Å²) in [6, 6.07) is 56.8. The van der Waals surface area contributed by atoms with Crippen LogP contribution in [0.5, 0.6) is 0 Å². The molecule has 0 fully saturated rings. The van der Waals surface area contributed by atoms with Crippen molar-refractivity contribution in [1.29, 1.82) is 15.8 Å². The van der Waals surface area contributed by atoms with Crippen LogP contribution in [0, 0.1) is 45.6 Å². The number of nitrogens with zero attached hydrogens (tertiary/aromatic N) is 5. The van der Waals surface area contributed by atoms with Gasteiger partial charge in [0.1, 0.15) is 23.3 Å². The Morgan fingerprint density at radius 2 is 0.810 bits per heavy atom. The summed E-state index contributed by atoms with van der Waals surface area (Å²) in [6.07, 6.45) is 0. The summed E-state index contributed by atoms with van der Waals surface area (Å²) in [5.41, 5.74) is 8.78. The lowest BCUT2D eigenvalue weighted by Crippen LogP contribution is -2.06. The van der Waals surface area contributed by atoms with Gasteiger partial charge in [-0.25, -0.2) is 8.78 Å². The molecule has 0 spiro atoms. The molecule has 0 radical (unpaired) electrons. The number of aromatic nitrogens is 2. The smallest absolute Gasteiger partial charge is 0.133 e. The van der Waals surface area contributed by atoms with Gasteiger partial charge in [-0.15, -0.1) is 0 Å². The summed E-state index contributed by atoms with van der Waals surface area (Å²) in [6.45, 7) is 0.